The highest BCUT2D eigenvalue weighted by Crippen LogP contribution is 2.31. The van der Waals surface area contributed by atoms with E-state index in [9.17, 15) is 4.79 Å². The van der Waals surface area contributed by atoms with Crippen LogP contribution in [0.4, 0.5) is 0 Å². The number of carbonyl (C=O) groups is 1. The van der Waals surface area contributed by atoms with Gasteiger partial charge in [-0.05, 0) is 38.8 Å². The molecule has 0 unspecified atom stereocenters. The Kier molecular flexibility index (Phi) is 3.85. The van der Waals surface area contributed by atoms with E-state index in [1.807, 2.05) is 13.2 Å². The topological polar surface area (TPSA) is 38.1 Å². The minimum absolute atomic E-state index is 0.238. The molecule has 0 saturated carbocycles. The molecule has 1 aromatic rings. The highest BCUT2D eigenvalue weighted by molar-refractivity contribution is 6.02. The lowest BCUT2D eigenvalue weighted by Gasteiger charge is -2.39. The Hall–Kier alpha value is -1.16. The average molecular weight is 249 g/mol. The van der Waals surface area contributed by atoms with Crippen molar-refractivity contribution >= 4 is 5.78 Å². The molecule has 100 valence electrons. The van der Waals surface area contributed by atoms with Crippen molar-refractivity contribution in [3.8, 4) is 0 Å². The molecule has 18 heavy (non-hydrogen) atoms. The van der Waals surface area contributed by atoms with E-state index in [-0.39, 0.29) is 11.3 Å². The first-order valence-electron chi connectivity index (χ1n) is 6.92. The maximum atomic E-state index is 12.8. The Morgan fingerprint density at radius 3 is 2.39 bits per heavy atom. The average Bonchev–Trinajstić information content (AvgIpc) is 3.03. The second-order valence-corrected chi connectivity index (χ2v) is 5.16. The maximum absolute atomic E-state index is 12.8. The van der Waals surface area contributed by atoms with Gasteiger partial charge in [-0.3, -0.25) is 14.4 Å². The van der Waals surface area contributed by atoms with Gasteiger partial charge in [-0.2, -0.15) is 5.10 Å². The van der Waals surface area contributed by atoms with Crippen LogP contribution in [0.5, 0.6) is 0 Å². The summed E-state index contributed by atoms with van der Waals surface area (Å²) in [4.78, 5) is 15.2. The fourth-order valence-corrected chi connectivity index (χ4v) is 3.11. The second kappa shape index (κ2) is 5.22. The van der Waals surface area contributed by atoms with Crippen molar-refractivity contribution in [3.63, 3.8) is 0 Å². The van der Waals surface area contributed by atoms with Crippen LogP contribution >= 0.6 is 0 Å². The van der Waals surface area contributed by atoms with Gasteiger partial charge in [-0.15, -0.1) is 0 Å². The van der Waals surface area contributed by atoms with Gasteiger partial charge in [0, 0.05) is 13.2 Å². The number of hydrogen-bond acceptors (Lipinski definition) is 3. The molecule has 2 rings (SSSR count). The van der Waals surface area contributed by atoms with E-state index in [0.29, 0.717) is 0 Å². The van der Waals surface area contributed by atoms with Crippen molar-refractivity contribution in [1.82, 2.24) is 14.7 Å². The van der Waals surface area contributed by atoms with Gasteiger partial charge in [-0.25, -0.2) is 0 Å². The normalized spacial score (nSPS) is 17.3. The van der Waals surface area contributed by atoms with Crippen LogP contribution in [0, 0.1) is 0 Å². The molecule has 4 heteroatoms. The van der Waals surface area contributed by atoms with E-state index in [0.717, 1.165) is 31.5 Å². The molecule has 1 saturated heterocycles. The van der Waals surface area contributed by atoms with E-state index < -0.39 is 0 Å². The Labute approximate surface area is 109 Å². The van der Waals surface area contributed by atoms with E-state index in [4.69, 9.17) is 0 Å². The van der Waals surface area contributed by atoms with Crippen LogP contribution in [0.2, 0.25) is 0 Å². The first-order valence-corrected chi connectivity index (χ1v) is 6.92. The van der Waals surface area contributed by atoms with Gasteiger partial charge in [0.05, 0.1) is 17.3 Å². The number of carbonyl (C=O) groups excluding carboxylic acids is 1. The van der Waals surface area contributed by atoms with Crippen molar-refractivity contribution in [1.29, 1.82) is 0 Å². The van der Waals surface area contributed by atoms with Crippen molar-refractivity contribution in [2.45, 2.75) is 45.1 Å². The lowest BCUT2D eigenvalue weighted by molar-refractivity contribution is 0.0581. The molecule has 0 aromatic carbocycles. The van der Waals surface area contributed by atoms with Crippen LogP contribution in [-0.4, -0.2) is 39.1 Å². The third kappa shape index (κ3) is 2.09. The quantitative estimate of drug-likeness (QED) is 0.751. The van der Waals surface area contributed by atoms with Crippen molar-refractivity contribution < 1.29 is 4.79 Å². The number of hydrogen-bond donors (Lipinski definition) is 0. The van der Waals surface area contributed by atoms with Crippen LogP contribution in [0.1, 0.15) is 49.9 Å². The summed E-state index contributed by atoms with van der Waals surface area (Å²) in [5, 5.41) is 4.12. The van der Waals surface area contributed by atoms with E-state index >= 15 is 0 Å². The summed E-state index contributed by atoms with van der Waals surface area (Å²) in [5.41, 5.74) is 0.424. The third-order valence-corrected chi connectivity index (χ3v) is 4.27. The van der Waals surface area contributed by atoms with Gasteiger partial charge >= 0.3 is 0 Å². The van der Waals surface area contributed by atoms with E-state index in [1.54, 1.807) is 10.9 Å². The minimum atomic E-state index is -0.320. The fraction of sp³-hybridized carbons (Fsp3) is 0.714. The van der Waals surface area contributed by atoms with Crippen molar-refractivity contribution in [2.24, 2.45) is 7.05 Å². The molecule has 0 aliphatic carbocycles. The Balaban J connectivity index is 2.31. The van der Waals surface area contributed by atoms with E-state index in [2.05, 4.69) is 23.8 Å². The number of aryl methyl sites for hydroxylation is 1. The number of likely N-dealkylation sites (tertiary alicyclic amines) is 1. The molecule has 0 atom stereocenters. The lowest BCUT2D eigenvalue weighted by Crippen LogP contribution is -2.52. The van der Waals surface area contributed by atoms with Gasteiger partial charge in [0.2, 0.25) is 0 Å². The summed E-state index contributed by atoms with van der Waals surface area (Å²) in [6.07, 6.45) is 7.69. The number of aromatic nitrogens is 2. The first kappa shape index (κ1) is 13.3. The Bertz CT molecular complexity index is 414. The molecule has 1 aliphatic heterocycles. The molecule has 0 amide bonds. The molecule has 0 bridgehead atoms. The summed E-state index contributed by atoms with van der Waals surface area (Å²) in [5.74, 6) is 0.238. The van der Waals surface area contributed by atoms with Crippen molar-refractivity contribution in [3.05, 3.63) is 18.0 Å². The largest absolute Gasteiger partial charge is 0.292 e. The molecule has 1 fully saturated rings. The summed E-state index contributed by atoms with van der Waals surface area (Å²) < 4.78 is 1.70. The summed E-state index contributed by atoms with van der Waals surface area (Å²) >= 11 is 0. The molecule has 4 nitrogen and oxygen atoms in total. The van der Waals surface area contributed by atoms with Gasteiger partial charge < -0.3 is 0 Å². The Morgan fingerprint density at radius 1 is 1.33 bits per heavy atom. The van der Waals surface area contributed by atoms with Crippen LogP contribution in [0.15, 0.2) is 12.4 Å². The van der Waals surface area contributed by atoms with Gasteiger partial charge in [0.25, 0.3) is 0 Å². The van der Waals surface area contributed by atoms with Gasteiger partial charge in [0.15, 0.2) is 5.78 Å². The minimum Gasteiger partial charge on any atom is -0.292 e. The standard InChI is InChI=1S/C14H23N3O/c1-4-14(5-2,17-8-6-7-9-17)13(18)12-10-15-16(3)11-12/h10-11H,4-9H2,1-3H3. The van der Waals surface area contributed by atoms with Gasteiger partial charge in [0.1, 0.15) is 0 Å². The third-order valence-electron chi connectivity index (χ3n) is 4.27. The second-order valence-electron chi connectivity index (χ2n) is 5.16. The number of rotatable bonds is 5. The maximum Gasteiger partial charge on any atom is 0.186 e. The molecule has 0 N–H and O–H groups in total. The van der Waals surface area contributed by atoms with Crippen LogP contribution in [0.25, 0.3) is 0 Å². The highest BCUT2D eigenvalue weighted by atomic mass is 16.1. The zero-order valence-electron chi connectivity index (χ0n) is 11.6. The predicted molar refractivity (Wildman–Crippen MR) is 71.7 cm³/mol. The Morgan fingerprint density at radius 2 is 1.94 bits per heavy atom. The smallest absolute Gasteiger partial charge is 0.186 e. The molecule has 1 aromatic heterocycles. The summed E-state index contributed by atoms with van der Waals surface area (Å²) in [6, 6.07) is 0. The van der Waals surface area contributed by atoms with Crippen LogP contribution < -0.4 is 0 Å². The monoisotopic (exact) mass is 249 g/mol. The highest BCUT2D eigenvalue weighted by Gasteiger charge is 2.42. The lowest BCUT2D eigenvalue weighted by atomic mass is 9.83. The van der Waals surface area contributed by atoms with Gasteiger partial charge in [-0.1, -0.05) is 13.8 Å². The van der Waals surface area contributed by atoms with Crippen LogP contribution in [0.3, 0.4) is 0 Å². The summed E-state index contributed by atoms with van der Waals surface area (Å²) in [7, 11) is 1.85. The number of ketones is 1. The SMILES string of the molecule is CCC(CC)(C(=O)c1cnn(C)c1)N1CCCC1. The first-order chi connectivity index (χ1) is 8.64. The zero-order valence-corrected chi connectivity index (χ0v) is 11.6. The summed E-state index contributed by atoms with van der Waals surface area (Å²) in [6.45, 7) is 6.34. The molecule has 0 spiro atoms. The predicted octanol–water partition coefficient (Wildman–Crippen LogP) is 2.26. The molecular weight excluding hydrogens is 226 g/mol. The number of nitrogens with zero attached hydrogens (tertiary/aromatic N) is 3. The van der Waals surface area contributed by atoms with Crippen LogP contribution in [-0.2, 0) is 7.05 Å². The molecule has 2 heterocycles. The van der Waals surface area contributed by atoms with Crippen molar-refractivity contribution in [2.75, 3.05) is 13.1 Å². The van der Waals surface area contributed by atoms with E-state index in [1.165, 1.54) is 12.8 Å². The molecule has 1 aliphatic rings. The molecular formula is C14H23N3O. The number of Topliss-reactive ketones (excluding diaryl/α,β-unsaturated/α-hetero) is 1. The fourth-order valence-electron chi connectivity index (χ4n) is 3.11. The zero-order chi connectivity index (χ0) is 13.2. The molecule has 0 radical (unpaired) electrons.